The average Bonchev–Trinajstić information content (AvgIpc) is 2.85. The molecule has 4 heterocycles. The number of aromatic nitrogens is 5. The highest BCUT2D eigenvalue weighted by molar-refractivity contribution is 5.86. The molecule has 0 aliphatic carbocycles. The molecule has 0 aliphatic rings. The summed E-state index contributed by atoms with van der Waals surface area (Å²) in [6.07, 6.45) is 6.71. The molecule has 162 valence electrons. The Morgan fingerprint density at radius 1 is 0.818 bits per heavy atom. The summed E-state index contributed by atoms with van der Waals surface area (Å²) in [6.45, 7) is 3.89. The van der Waals surface area contributed by atoms with Crippen LogP contribution in [0.2, 0.25) is 0 Å². The first-order valence-corrected chi connectivity index (χ1v) is 10.6. The summed E-state index contributed by atoms with van der Waals surface area (Å²) in [7, 11) is 0. The highest BCUT2D eigenvalue weighted by Crippen LogP contribution is 2.30. The fourth-order valence-electron chi connectivity index (χ4n) is 3.82. The molecule has 4 aromatic heterocycles. The topological polar surface area (TPSA) is 93.5 Å². The second-order valence-corrected chi connectivity index (χ2v) is 8.01. The number of nitrogens with zero attached hydrogens (tertiary/aromatic N) is 4. The number of nitrogens with one attached hydrogen (secondary N) is 1. The molecule has 0 aliphatic heterocycles. The van der Waals surface area contributed by atoms with E-state index in [4.69, 9.17) is 9.97 Å². The van der Waals surface area contributed by atoms with Crippen molar-refractivity contribution in [2.45, 2.75) is 19.9 Å². The lowest BCUT2D eigenvalue weighted by Gasteiger charge is -2.14. The maximum absolute atomic E-state index is 13.4. The molecule has 1 N–H and O–H groups in total. The summed E-state index contributed by atoms with van der Waals surface area (Å²) in [5.41, 5.74) is 4.31. The molecule has 0 atom stereocenters. The van der Waals surface area contributed by atoms with E-state index in [0.29, 0.717) is 28.2 Å². The fourth-order valence-corrected chi connectivity index (χ4v) is 3.82. The molecule has 0 saturated heterocycles. The van der Waals surface area contributed by atoms with Crippen LogP contribution in [0, 0.1) is 0 Å². The van der Waals surface area contributed by atoms with E-state index in [-0.39, 0.29) is 22.5 Å². The average molecular weight is 435 g/mol. The van der Waals surface area contributed by atoms with E-state index in [1.165, 1.54) is 6.07 Å². The van der Waals surface area contributed by atoms with Gasteiger partial charge in [0, 0.05) is 53.6 Å². The molecule has 33 heavy (non-hydrogen) atoms. The van der Waals surface area contributed by atoms with E-state index < -0.39 is 0 Å². The van der Waals surface area contributed by atoms with Crippen molar-refractivity contribution < 1.29 is 0 Å². The van der Waals surface area contributed by atoms with Crippen molar-refractivity contribution >= 4 is 11.2 Å². The lowest BCUT2D eigenvalue weighted by molar-refractivity contribution is 0.579. The zero-order chi connectivity index (χ0) is 22.9. The number of benzene rings is 1. The van der Waals surface area contributed by atoms with Gasteiger partial charge in [0.05, 0.1) is 11.4 Å². The van der Waals surface area contributed by atoms with Crippen LogP contribution in [0.25, 0.3) is 44.8 Å². The van der Waals surface area contributed by atoms with E-state index in [0.717, 1.165) is 11.1 Å². The minimum Gasteiger partial charge on any atom is -0.344 e. The van der Waals surface area contributed by atoms with E-state index in [2.05, 4.69) is 9.97 Å². The van der Waals surface area contributed by atoms with Gasteiger partial charge < -0.3 is 9.55 Å². The highest BCUT2D eigenvalue weighted by atomic mass is 16.1. The molecule has 7 nitrogen and oxygen atoms in total. The van der Waals surface area contributed by atoms with Crippen molar-refractivity contribution in [1.29, 1.82) is 0 Å². The molecule has 5 rings (SSSR count). The van der Waals surface area contributed by atoms with Gasteiger partial charge in [0.15, 0.2) is 11.2 Å². The summed E-state index contributed by atoms with van der Waals surface area (Å²) in [5, 5.41) is 0. The molecule has 0 spiro atoms. The van der Waals surface area contributed by atoms with Gasteiger partial charge in [0.25, 0.3) is 5.56 Å². The minimum atomic E-state index is -0.222. The van der Waals surface area contributed by atoms with Crippen molar-refractivity contribution in [3.05, 3.63) is 100.0 Å². The Morgan fingerprint density at radius 3 is 2.27 bits per heavy atom. The standard InChI is InChI=1S/C26H21N5O2/c1-16(2)31-15-19(8-9-21(31)32)23-22(18-6-4-3-5-7-18)30-26-24(29-23)25(33)20(14-28-26)17-10-12-27-13-11-17/h3-16H,1-2H3,(H,28,30,33). The van der Waals surface area contributed by atoms with Crippen molar-refractivity contribution in [3.8, 4) is 33.6 Å². The molecule has 7 heteroatoms. The lowest BCUT2D eigenvalue weighted by Crippen LogP contribution is -2.20. The predicted molar refractivity (Wildman–Crippen MR) is 129 cm³/mol. The van der Waals surface area contributed by atoms with E-state index in [1.807, 2.05) is 44.2 Å². The van der Waals surface area contributed by atoms with Crippen molar-refractivity contribution in [1.82, 2.24) is 24.5 Å². The van der Waals surface area contributed by atoms with Gasteiger partial charge >= 0.3 is 0 Å². The number of hydrogen-bond donors (Lipinski definition) is 1. The molecule has 0 unspecified atom stereocenters. The Labute approximate surface area is 189 Å². The van der Waals surface area contributed by atoms with Crippen LogP contribution in [-0.2, 0) is 0 Å². The minimum absolute atomic E-state index is 0.0206. The van der Waals surface area contributed by atoms with Crippen LogP contribution in [0.1, 0.15) is 19.9 Å². The van der Waals surface area contributed by atoms with Crippen molar-refractivity contribution in [2.75, 3.05) is 0 Å². The van der Waals surface area contributed by atoms with E-state index >= 15 is 0 Å². The van der Waals surface area contributed by atoms with Crippen LogP contribution in [0.15, 0.2) is 89.0 Å². The second-order valence-electron chi connectivity index (χ2n) is 8.01. The Balaban J connectivity index is 1.82. The molecule has 5 aromatic rings. The summed E-state index contributed by atoms with van der Waals surface area (Å²) < 4.78 is 1.65. The van der Waals surface area contributed by atoms with Gasteiger partial charge in [-0.25, -0.2) is 9.97 Å². The van der Waals surface area contributed by atoms with Crippen LogP contribution in [-0.4, -0.2) is 24.5 Å². The fraction of sp³-hybridized carbons (Fsp3) is 0.115. The predicted octanol–water partition coefficient (Wildman–Crippen LogP) is 4.46. The number of rotatable bonds is 4. The number of aromatic amines is 1. The maximum atomic E-state index is 13.4. The Morgan fingerprint density at radius 2 is 1.55 bits per heavy atom. The molecular weight excluding hydrogens is 414 g/mol. The van der Waals surface area contributed by atoms with Crippen molar-refractivity contribution in [3.63, 3.8) is 0 Å². The first kappa shape index (κ1) is 20.5. The molecule has 0 amide bonds. The van der Waals surface area contributed by atoms with Gasteiger partial charge in [-0.05, 0) is 37.6 Å². The number of fused-ring (bicyclic) bond motifs is 1. The number of pyridine rings is 3. The third kappa shape index (κ3) is 3.74. The van der Waals surface area contributed by atoms with Gasteiger partial charge in [0.2, 0.25) is 5.43 Å². The summed E-state index contributed by atoms with van der Waals surface area (Å²) in [6, 6.07) is 16.5. The zero-order valence-electron chi connectivity index (χ0n) is 18.2. The van der Waals surface area contributed by atoms with Gasteiger partial charge in [0.1, 0.15) is 0 Å². The van der Waals surface area contributed by atoms with Crippen LogP contribution < -0.4 is 11.0 Å². The van der Waals surface area contributed by atoms with Gasteiger partial charge in [-0.3, -0.25) is 14.6 Å². The Hall–Kier alpha value is -4.39. The van der Waals surface area contributed by atoms with Gasteiger partial charge in [-0.2, -0.15) is 0 Å². The second kappa shape index (κ2) is 8.27. The number of hydrogen-bond acceptors (Lipinski definition) is 5. The highest BCUT2D eigenvalue weighted by Gasteiger charge is 2.18. The summed E-state index contributed by atoms with van der Waals surface area (Å²) in [5.74, 6) is 0. The summed E-state index contributed by atoms with van der Waals surface area (Å²) in [4.78, 5) is 42.5. The van der Waals surface area contributed by atoms with E-state index in [9.17, 15) is 9.59 Å². The van der Waals surface area contributed by atoms with Crippen LogP contribution in [0.3, 0.4) is 0 Å². The lowest BCUT2D eigenvalue weighted by atomic mass is 10.0. The van der Waals surface area contributed by atoms with Crippen LogP contribution >= 0.6 is 0 Å². The largest absolute Gasteiger partial charge is 0.344 e. The number of H-pyrrole nitrogens is 1. The third-order valence-electron chi connectivity index (χ3n) is 5.52. The van der Waals surface area contributed by atoms with Gasteiger partial charge in [-0.15, -0.1) is 0 Å². The molecule has 0 fully saturated rings. The normalized spacial score (nSPS) is 11.2. The van der Waals surface area contributed by atoms with Crippen molar-refractivity contribution in [2.24, 2.45) is 0 Å². The zero-order valence-corrected chi connectivity index (χ0v) is 18.2. The third-order valence-corrected chi connectivity index (χ3v) is 5.52. The smallest absolute Gasteiger partial charge is 0.250 e. The Bertz CT molecular complexity index is 1570. The molecule has 1 aromatic carbocycles. The molecule has 0 radical (unpaired) electrons. The first-order chi connectivity index (χ1) is 16.0. The first-order valence-electron chi connectivity index (χ1n) is 10.6. The van der Waals surface area contributed by atoms with Crippen LogP contribution in [0.5, 0.6) is 0 Å². The molecule has 0 saturated carbocycles. The monoisotopic (exact) mass is 435 g/mol. The molecular formula is C26H21N5O2. The van der Waals surface area contributed by atoms with Gasteiger partial charge in [-0.1, -0.05) is 30.3 Å². The quantitative estimate of drug-likeness (QED) is 0.450. The maximum Gasteiger partial charge on any atom is 0.250 e. The molecule has 0 bridgehead atoms. The summed E-state index contributed by atoms with van der Waals surface area (Å²) >= 11 is 0. The SMILES string of the molecule is CC(C)n1cc(-c2nc3c(=O)c(-c4ccncc4)c[nH]c3nc2-c2ccccc2)ccc1=O. The van der Waals surface area contributed by atoms with Crippen LogP contribution in [0.4, 0.5) is 0 Å². The van der Waals surface area contributed by atoms with E-state index in [1.54, 1.807) is 47.6 Å². The Kier molecular flexibility index (Phi) is 5.14.